The van der Waals surface area contributed by atoms with Crippen LogP contribution < -0.4 is 0 Å². The Morgan fingerprint density at radius 3 is 2.11 bits per heavy atom. The molecule has 0 aliphatic carbocycles. The van der Waals surface area contributed by atoms with Gasteiger partial charge in [-0.15, -0.1) is 0 Å². The summed E-state index contributed by atoms with van der Waals surface area (Å²) >= 11 is 0. The topological polar surface area (TPSA) is 60.7 Å². The van der Waals surface area contributed by atoms with Crippen LogP contribution in [0.25, 0.3) is 11.1 Å². The van der Waals surface area contributed by atoms with Gasteiger partial charge >= 0.3 is 0 Å². The smallest absolute Gasteiger partial charge is 0.200 e. The number of phenolic OH excluding ortho intramolecular Hbond substituents is 3. The van der Waals surface area contributed by atoms with Crippen LogP contribution in [0.2, 0.25) is 0 Å². The fourth-order valence-electron chi connectivity index (χ4n) is 2.27. The van der Waals surface area contributed by atoms with Crippen LogP contribution in [0.1, 0.15) is 25.0 Å². The van der Waals surface area contributed by atoms with Crippen molar-refractivity contribution in [2.75, 3.05) is 0 Å². The molecule has 2 aromatic carbocycles. The molecule has 0 saturated heterocycles. The summed E-state index contributed by atoms with van der Waals surface area (Å²) in [5.41, 5.74) is 3.87. The Kier molecular flexibility index (Phi) is 3.65. The lowest BCUT2D eigenvalue weighted by Gasteiger charge is -2.11. The molecular formula is C16H18O3. The molecule has 100 valence electrons. The highest BCUT2D eigenvalue weighted by atomic mass is 16.3. The molecule has 0 spiro atoms. The Morgan fingerprint density at radius 2 is 1.47 bits per heavy atom. The molecule has 0 heterocycles. The van der Waals surface area contributed by atoms with E-state index < -0.39 is 5.75 Å². The third-order valence-electron chi connectivity index (χ3n) is 3.41. The number of rotatable bonds is 3. The maximum absolute atomic E-state index is 9.91. The summed E-state index contributed by atoms with van der Waals surface area (Å²) in [6, 6.07) is 8.96. The highest BCUT2D eigenvalue weighted by Gasteiger charge is 2.13. The first kappa shape index (κ1) is 13.3. The SMILES string of the molecule is CCc1ccc(-c2ccc(O)c(O)c2O)cc1CC. The first-order valence-corrected chi connectivity index (χ1v) is 6.44. The molecule has 2 rings (SSSR count). The van der Waals surface area contributed by atoms with E-state index >= 15 is 0 Å². The fraction of sp³-hybridized carbons (Fsp3) is 0.250. The quantitative estimate of drug-likeness (QED) is 0.737. The summed E-state index contributed by atoms with van der Waals surface area (Å²) in [7, 11) is 0. The molecule has 0 radical (unpaired) electrons. The van der Waals surface area contributed by atoms with Gasteiger partial charge in [-0.1, -0.05) is 32.0 Å². The molecule has 0 amide bonds. The Bertz CT molecular complexity index is 603. The van der Waals surface area contributed by atoms with Gasteiger partial charge in [0.15, 0.2) is 11.5 Å². The average molecular weight is 258 g/mol. The van der Waals surface area contributed by atoms with E-state index in [-0.39, 0.29) is 11.5 Å². The van der Waals surface area contributed by atoms with Crippen molar-refractivity contribution >= 4 is 0 Å². The molecule has 3 heteroatoms. The Balaban J connectivity index is 2.56. The van der Waals surface area contributed by atoms with Crippen LogP contribution in [0.5, 0.6) is 17.2 Å². The van der Waals surface area contributed by atoms with Gasteiger partial charge in [-0.05, 0) is 41.7 Å². The highest BCUT2D eigenvalue weighted by molar-refractivity contribution is 5.76. The van der Waals surface area contributed by atoms with E-state index in [0.29, 0.717) is 5.56 Å². The number of aromatic hydroxyl groups is 3. The molecule has 0 aliphatic rings. The highest BCUT2D eigenvalue weighted by Crippen LogP contribution is 2.42. The molecule has 0 saturated carbocycles. The maximum Gasteiger partial charge on any atom is 0.200 e. The van der Waals surface area contributed by atoms with Crippen LogP contribution in [0, 0.1) is 0 Å². The molecule has 2 aromatic rings. The van der Waals surface area contributed by atoms with Gasteiger partial charge in [0.25, 0.3) is 0 Å². The van der Waals surface area contributed by atoms with Crippen LogP contribution in [0.15, 0.2) is 30.3 Å². The summed E-state index contributed by atoms with van der Waals surface area (Å²) in [5, 5.41) is 28.8. The van der Waals surface area contributed by atoms with Gasteiger partial charge in [-0.25, -0.2) is 0 Å². The standard InChI is InChI=1S/C16H18O3/c1-3-10-5-6-12(9-11(10)4-2)13-7-8-14(17)16(19)15(13)18/h5-9,17-19H,3-4H2,1-2H3. The van der Waals surface area contributed by atoms with Crippen LogP contribution in [-0.4, -0.2) is 15.3 Å². The van der Waals surface area contributed by atoms with Crippen LogP contribution >= 0.6 is 0 Å². The zero-order chi connectivity index (χ0) is 14.0. The van der Waals surface area contributed by atoms with Gasteiger partial charge in [-0.3, -0.25) is 0 Å². The third kappa shape index (κ3) is 2.36. The van der Waals surface area contributed by atoms with E-state index in [1.807, 2.05) is 18.2 Å². The fourth-order valence-corrected chi connectivity index (χ4v) is 2.27. The van der Waals surface area contributed by atoms with Crippen LogP contribution in [-0.2, 0) is 12.8 Å². The number of phenols is 3. The second-order valence-electron chi connectivity index (χ2n) is 4.52. The zero-order valence-corrected chi connectivity index (χ0v) is 11.1. The van der Waals surface area contributed by atoms with Crippen molar-refractivity contribution in [3.05, 3.63) is 41.5 Å². The van der Waals surface area contributed by atoms with Crippen molar-refractivity contribution in [3.63, 3.8) is 0 Å². The van der Waals surface area contributed by atoms with Gasteiger partial charge in [0.2, 0.25) is 5.75 Å². The molecule has 3 nitrogen and oxygen atoms in total. The van der Waals surface area contributed by atoms with Crippen molar-refractivity contribution in [1.29, 1.82) is 0 Å². The zero-order valence-electron chi connectivity index (χ0n) is 11.1. The monoisotopic (exact) mass is 258 g/mol. The lowest BCUT2D eigenvalue weighted by atomic mass is 9.96. The molecule has 0 aliphatic heterocycles. The van der Waals surface area contributed by atoms with Crippen molar-refractivity contribution in [2.45, 2.75) is 26.7 Å². The summed E-state index contributed by atoms with van der Waals surface area (Å²) in [5.74, 6) is -1.08. The molecule has 0 atom stereocenters. The van der Waals surface area contributed by atoms with Crippen molar-refractivity contribution in [2.24, 2.45) is 0 Å². The largest absolute Gasteiger partial charge is 0.504 e. The molecule has 3 N–H and O–H groups in total. The lowest BCUT2D eigenvalue weighted by Crippen LogP contribution is -1.92. The summed E-state index contributed by atoms with van der Waals surface area (Å²) in [6.45, 7) is 4.20. The van der Waals surface area contributed by atoms with Gasteiger partial charge in [0.05, 0.1) is 0 Å². The maximum atomic E-state index is 9.91. The Hall–Kier alpha value is -2.16. The average Bonchev–Trinajstić information content (AvgIpc) is 2.44. The first-order valence-electron chi connectivity index (χ1n) is 6.44. The second-order valence-corrected chi connectivity index (χ2v) is 4.52. The number of aryl methyl sites for hydroxylation is 2. The Labute approximate surface area is 112 Å². The second kappa shape index (κ2) is 5.22. The van der Waals surface area contributed by atoms with Gasteiger partial charge in [-0.2, -0.15) is 0 Å². The minimum Gasteiger partial charge on any atom is -0.504 e. The summed E-state index contributed by atoms with van der Waals surface area (Å²) < 4.78 is 0. The van der Waals surface area contributed by atoms with E-state index in [0.717, 1.165) is 18.4 Å². The molecule has 0 bridgehead atoms. The van der Waals surface area contributed by atoms with Gasteiger partial charge in [0.1, 0.15) is 0 Å². The predicted molar refractivity (Wildman–Crippen MR) is 75.6 cm³/mol. The van der Waals surface area contributed by atoms with E-state index in [1.54, 1.807) is 6.07 Å². The van der Waals surface area contributed by atoms with E-state index in [4.69, 9.17) is 0 Å². The lowest BCUT2D eigenvalue weighted by molar-refractivity contribution is 0.369. The van der Waals surface area contributed by atoms with Crippen molar-refractivity contribution in [3.8, 4) is 28.4 Å². The summed E-state index contributed by atoms with van der Waals surface area (Å²) in [6.07, 6.45) is 1.89. The van der Waals surface area contributed by atoms with E-state index in [9.17, 15) is 15.3 Å². The normalized spacial score (nSPS) is 10.6. The van der Waals surface area contributed by atoms with E-state index in [2.05, 4.69) is 13.8 Å². The predicted octanol–water partition coefficient (Wildman–Crippen LogP) is 3.60. The molecule has 19 heavy (non-hydrogen) atoms. The number of hydrogen-bond donors (Lipinski definition) is 3. The molecule has 0 aromatic heterocycles. The molecule has 0 unspecified atom stereocenters. The van der Waals surface area contributed by atoms with Crippen LogP contribution in [0.3, 0.4) is 0 Å². The number of hydrogen-bond acceptors (Lipinski definition) is 3. The minimum atomic E-state index is -0.477. The molecular weight excluding hydrogens is 240 g/mol. The summed E-state index contributed by atoms with van der Waals surface area (Å²) in [4.78, 5) is 0. The Morgan fingerprint density at radius 1 is 0.789 bits per heavy atom. The van der Waals surface area contributed by atoms with Gasteiger partial charge in [0, 0.05) is 5.56 Å². The van der Waals surface area contributed by atoms with E-state index in [1.165, 1.54) is 17.2 Å². The van der Waals surface area contributed by atoms with Crippen molar-refractivity contribution < 1.29 is 15.3 Å². The van der Waals surface area contributed by atoms with Gasteiger partial charge < -0.3 is 15.3 Å². The van der Waals surface area contributed by atoms with Crippen molar-refractivity contribution in [1.82, 2.24) is 0 Å². The molecule has 0 fully saturated rings. The third-order valence-corrected chi connectivity index (χ3v) is 3.41. The first-order chi connectivity index (χ1) is 9.08. The minimum absolute atomic E-state index is 0.286. The van der Waals surface area contributed by atoms with Crippen LogP contribution in [0.4, 0.5) is 0 Å². The number of benzene rings is 2.